The Morgan fingerprint density at radius 1 is 1.33 bits per heavy atom. The normalized spacial score (nSPS) is 10.1. The number of H-pyrrole nitrogens is 1. The number of nitrogens with two attached hydrogens (primary N) is 1. The standard InChI is InChI=1S/C11H8ClN3O3/c12-9-8(5-14-15-11(9)17)18-7-4-2-1-3-6(7)10(13)16/h1-5H,(H2,13,16)(H,15,17). The molecule has 1 amide bonds. The number of hydrogen-bond donors (Lipinski definition) is 2. The minimum Gasteiger partial charge on any atom is -0.453 e. The second-order valence-corrected chi connectivity index (χ2v) is 3.72. The molecule has 1 aromatic carbocycles. The van der Waals surface area contributed by atoms with Crippen LogP contribution in [-0.2, 0) is 0 Å². The summed E-state index contributed by atoms with van der Waals surface area (Å²) in [4.78, 5) is 22.4. The van der Waals surface area contributed by atoms with Crippen molar-refractivity contribution in [3.05, 3.63) is 51.4 Å². The number of primary amides is 1. The number of amides is 1. The first kappa shape index (κ1) is 12.1. The smallest absolute Gasteiger partial charge is 0.286 e. The summed E-state index contributed by atoms with van der Waals surface area (Å²) in [5.74, 6) is -0.382. The molecule has 2 aromatic rings. The zero-order valence-corrected chi connectivity index (χ0v) is 9.77. The van der Waals surface area contributed by atoms with Crippen molar-refractivity contribution in [2.24, 2.45) is 5.73 Å². The van der Waals surface area contributed by atoms with Gasteiger partial charge in [0.1, 0.15) is 5.75 Å². The summed E-state index contributed by atoms with van der Waals surface area (Å²) in [6, 6.07) is 6.35. The molecule has 0 bridgehead atoms. The lowest BCUT2D eigenvalue weighted by Gasteiger charge is -2.08. The van der Waals surface area contributed by atoms with Crippen LogP contribution in [0.15, 0.2) is 35.3 Å². The van der Waals surface area contributed by atoms with Crippen LogP contribution in [0, 0.1) is 0 Å². The highest BCUT2D eigenvalue weighted by Gasteiger charge is 2.12. The van der Waals surface area contributed by atoms with Crippen LogP contribution in [-0.4, -0.2) is 16.1 Å². The quantitative estimate of drug-likeness (QED) is 0.874. The summed E-state index contributed by atoms with van der Waals surface area (Å²) in [7, 11) is 0. The number of hydrogen-bond acceptors (Lipinski definition) is 4. The Labute approximate surface area is 106 Å². The molecular weight excluding hydrogens is 258 g/mol. The SMILES string of the molecule is NC(=O)c1ccccc1Oc1cn[nH]c(=O)c1Cl. The zero-order valence-electron chi connectivity index (χ0n) is 9.01. The van der Waals surface area contributed by atoms with Gasteiger partial charge in [0.05, 0.1) is 11.8 Å². The van der Waals surface area contributed by atoms with Gasteiger partial charge in [0.25, 0.3) is 11.5 Å². The first-order valence-corrected chi connectivity index (χ1v) is 5.27. The number of carbonyl (C=O) groups is 1. The maximum Gasteiger partial charge on any atom is 0.286 e. The van der Waals surface area contributed by atoms with Crippen molar-refractivity contribution < 1.29 is 9.53 Å². The number of nitrogens with one attached hydrogen (secondary N) is 1. The van der Waals surface area contributed by atoms with Gasteiger partial charge in [0.15, 0.2) is 10.8 Å². The van der Waals surface area contributed by atoms with Gasteiger partial charge in [-0.1, -0.05) is 23.7 Å². The van der Waals surface area contributed by atoms with Gasteiger partial charge < -0.3 is 10.5 Å². The third-order valence-corrected chi connectivity index (χ3v) is 2.49. The van der Waals surface area contributed by atoms with Gasteiger partial charge >= 0.3 is 0 Å². The van der Waals surface area contributed by atoms with Gasteiger partial charge in [0, 0.05) is 0 Å². The van der Waals surface area contributed by atoms with Crippen LogP contribution in [0.1, 0.15) is 10.4 Å². The molecular formula is C11H8ClN3O3. The predicted octanol–water partition coefficient (Wildman–Crippen LogP) is 1.31. The van der Waals surface area contributed by atoms with Gasteiger partial charge in [-0.3, -0.25) is 9.59 Å². The van der Waals surface area contributed by atoms with E-state index >= 15 is 0 Å². The highest BCUT2D eigenvalue weighted by atomic mass is 35.5. The van der Waals surface area contributed by atoms with E-state index in [9.17, 15) is 9.59 Å². The summed E-state index contributed by atoms with van der Waals surface area (Å²) in [6.45, 7) is 0. The average Bonchev–Trinajstić information content (AvgIpc) is 2.35. The monoisotopic (exact) mass is 265 g/mol. The fourth-order valence-corrected chi connectivity index (χ4v) is 1.45. The lowest BCUT2D eigenvalue weighted by Crippen LogP contribution is -2.13. The molecule has 0 unspecified atom stereocenters. The van der Waals surface area contributed by atoms with Crippen LogP contribution < -0.4 is 16.0 Å². The van der Waals surface area contributed by atoms with E-state index in [1.807, 2.05) is 0 Å². The molecule has 0 fully saturated rings. The Bertz CT molecular complexity index is 654. The van der Waals surface area contributed by atoms with Crippen LogP contribution in [0.4, 0.5) is 0 Å². The molecule has 0 aliphatic carbocycles. The molecule has 0 aliphatic rings. The third kappa shape index (κ3) is 2.33. The maximum atomic E-state index is 11.2. The highest BCUT2D eigenvalue weighted by molar-refractivity contribution is 6.31. The summed E-state index contributed by atoms with van der Waals surface area (Å²) in [6.07, 6.45) is 1.24. The number of halogens is 1. The van der Waals surface area contributed by atoms with Crippen LogP contribution in [0.2, 0.25) is 5.02 Å². The lowest BCUT2D eigenvalue weighted by atomic mass is 10.2. The molecule has 6 nitrogen and oxygen atoms in total. The van der Waals surface area contributed by atoms with E-state index in [2.05, 4.69) is 10.2 Å². The van der Waals surface area contributed by atoms with Crippen LogP contribution >= 0.6 is 11.6 Å². The minimum absolute atomic E-state index is 0.0501. The Hall–Kier alpha value is -2.34. The van der Waals surface area contributed by atoms with E-state index < -0.39 is 11.5 Å². The number of ether oxygens (including phenoxy) is 1. The molecule has 7 heteroatoms. The highest BCUT2D eigenvalue weighted by Crippen LogP contribution is 2.27. The predicted molar refractivity (Wildman–Crippen MR) is 64.9 cm³/mol. The summed E-state index contributed by atoms with van der Waals surface area (Å²) < 4.78 is 5.37. The molecule has 2 rings (SSSR count). The fraction of sp³-hybridized carbons (Fsp3) is 0. The minimum atomic E-state index is -0.639. The van der Waals surface area contributed by atoms with E-state index in [0.717, 1.165) is 0 Å². The lowest BCUT2D eigenvalue weighted by molar-refractivity contribution is 0.0998. The molecule has 0 spiro atoms. The Morgan fingerprint density at radius 2 is 2.06 bits per heavy atom. The summed E-state index contributed by atoms with van der Waals surface area (Å²) in [5, 5.41) is 5.56. The van der Waals surface area contributed by atoms with Crippen molar-refractivity contribution in [2.75, 3.05) is 0 Å². The van der Waals surface area contributed by atoms with Gasteiger partial charge in [-0.25, -0.2) is 5.10 Å². The van der Waals surface area contributed by atoms with Gasteiger partial charge in [-0.15, -0.1) is 0 Å². The molecule has 0 aliphatic heterocycles. The third-order valence-electron chi connectivity index (χ3n) is 2.14. The van der Waals surface area contributed by atoms with Crippen molar-refractivity contribution in [3.63, 3.8) is 0 Å². The van der Waals surface area contributed by atoms with Gasteiger partial charge in [0.2, 0.25) is 0 Å². The van der Waals surface area contributed by atoms with Gasteiger partial charge in [-0.05, 0) is 12.1 Å². The van der Waals surface area contributed by atoms with Crippen molar-refractivity contribution in [3.8, 4) is 11.5 Å². The number of nitrogens with zero attached hydrogens (tertiary/aromatic N) is 1. The maximum absolute atomic E-state index is 11.2. The average molecular weight is 266 g/mol. The van der Waals surface area contributed by atoms with Crippen LogP contribution in [0.5, 0.6) is 11.5 Å². The summed E-state index contributed by atoms with van der Waals surface area (Å²) >= 11 is 5.75. The molecule has 0 saturated carbocycles. The van der Waals surface area contributed by atoms with Crippen molar-refractivity contribution >= 4 is 17.5 Å². The molecule has 18 heavy (non-hydrogen) atoms. The molecule has 92 valence electrons. The molecule has 1 aromatic heterocycles. The van der Waals surface area contributed by atoms with Crippen LogP contribution in [0.25, 0.3) is 0 Å². The second-order valence-electron chi connectivity index (χ2n) is 3.34. The number of aromatic nitrogens is 2. The first-order valence-electron chi connectivity index (χ1n) is 4.89. The Kier molecular flexibility index (Phi) is 3.29. The van der Waals surface area contributed by atoms with Crippen LogP contribution in [0.3, 0.4) is 0 Å². The van der Waals surface area contributed by atoms with E-state index in [0.29, 0.717) is 0 Å². The molecule has 1 heterocycles. The van der Waals surface area contributed by atoms with Gasteiger partial charge in [-0.2, -0.15) is 5.10 Å². The van der Waals surface area contributed by atoms with Crippen molar-refractivity contribution in [1.82, 2.24) is 10.2 Å². The Morgan fingerprint density at radius 3 is 2.78 bits per heavy atom. The topological polar surface area (TPSA) is 98.1 Å². The molecule has 3 N–H and O–H groups in total. The van der Waals surface area contributed by atoms with Crippen molar-refractivity contribution in [2.45, 2.75) is 0 Å². The largest absolute Gasteiger partial charge is 0.453 e. The number of aromatic amines is 1. The zero-order chi connectivity index (χ0) is 13.1. The van der Waals surface area contributed by atoms with E-state index in [-0.39, 0.29) is 22.1 Å². The number of para-hydroxylation sites is 1. The van der Waals surface area contributed by atoms with E-state index in [1.54, 1.807) is 12.1 Å². The molecule has 0 atom stereocenters. The Balaban J connectivity index is 2.43. The second kappa shape index (κ2) is 4.89. The first-order chi connectivity index (χ1) is 8.59. The van der Waals surface area contributed by atoms with E-state index in [4.69, 9.17) is 22.1 Å². The molecule has 0 saturated heterocycles. The van der Waals surface area contributed by atoms with E-state index in [1.165, 1.54) is 18.3 Å². The van der Waals surface area contributed by atoms with Crippen molar-refractivity contribution in [1.29, 1.82) is 0 Å². The summed E-state index contributed by atoms with van der Waals surface area (Å²) in [5.41, 5.74) is 4.81. The number of rotatable bonds is 3. The molecule has 0 radical (unpaired) electrons. The number of carbonyl (C=O) groups excluding carboxylic acids is 1. The fourth-order valence-electron chi connectivity index (χ4n) is 1.32. The number of benzene rings is 1.